The zero-order chi connectivity index (χ0) is 23.3. The Hall–Kier alpha value is -1.90. The lowest BCUT2D eigenvalue weighted by atomic mass is 9.96. The van der Waals surface area contributed by atoms with Gasteiger partial charge in [0.2, 0.25) is 10.0 Å². The van der Waals surface area contributed by atoms with E-state index in [9.17, 15) is 13.2 Å². The summed E-state index contributed by atoms with van der Waals surface area (Å²) in [6.45, 7) is 5.98. The highest BCUT2D eigenvalue weighted by molar-refractivity contribution is 9.10. The van der Waals surface area contributed by atoms with Crippen molar-refractivity contribution in [1.82, 2.24) is 4.72 Å². The van der Waals surface area contributed by atoms with Gasteiger partial charge in [0.15, 0.2) is 6.61 Å². The van der Waals surface area contributed by atoms with Crippen LogP contribution in [0.1, 0.15) is 63.0 Å². The van der Waals surface area contributed by atoms with Crippen molar-refractivity contribution in [3.63, 3.8) is 0 Å². The molecule has 0 aromatic heterocycles. The maximum absolute atomic E-state index is 12.6. The van der Waals surface area contributed by atoms with E-state index in [-0.39, 0.29) is 29.4 Å². The fourth-order valence-corrected chi connectivity index (χ4v) is 5.48. The molecular weight excluding hydrogens is 492 g/mol. The van der Waals surface area contributed by atoms with Gasteiger partial charge in [-0.1, -0.05) is 49.0 Å². The highest BCUT2D eigenvalue weighted by atomic mass is 79.9. The number of ether oxygens (including phenoxy) is 1. The minimum absolute atomic E-state index is 0.00301. The van der Waals surface area contributed by atoms with E-state index >= 15 is 0 Å². The van der Waals surface area contributed by atoms with Gasteiger partial charge in [-0.15, -0.1) is 0 Å². The zero-order valence-electron chi connectivity index (χ0n) is 18.8. The Morgan fingerprint density at radius 3 is 2.41 bits per heavy atom. The van der Waals surface area contributed by atoms with Gasteiger partial charge in [-0.2, -0.15) is 0 Å². The Bertz CT molecular complexity index is 1050. The van der Waals surface area contributed by atoms with E-state index < -0.39 is 10.0 Å². The smallest absolute Gasteiger partial charge is 0.262 e. The molecule has 32 heavy (non-hydrogen) atoms. The molecule has 6 nitrogen and oxygen atoms in total. The summed E-state index contributed by atoms with van der Waals surface area (Å²) in [6, 6.07) is 10.2. The van der Waals surface area contributed by atoms with Crippen LogP contribution in [0.5, 0.6) is 5.75 Å². The van der Waals surface area contributed by atoms with Crippen molar-refractivity contribution < 1.29 is 17.9 Å². The number of carbonyl (C=O) groups excluding carboxylic acids is 1. The molecule has 0 bridgehead atoms. The lowest BCUT2D eigenvalue weighted by Crippen LogP contribution is -2.36. The first kappa shape index (κ1) is 24.7. The Kier molecular flexibility index (Phi) is 8.36. The Morgan fingerprint density at radius 1 is 1.12 bits per heavy atom. The summed E-state index contributed by atoms with van der Waals surface area (Å²) in [6.07, 6.45) is 5.03. The normalized spacial score (nSPS) is 15.0. The van der Waals surface area contributed by atoms with Gasteiger partial charge in [0.25, 0.3) is 5.91 Å². The van der Waals surface area contributed by atoms with Crippen LogP contribution in [0.15, 0.2) is 45.8 Å². The average Bonchev–Trinajstić information content (AvgIpc) is 2.75. The summed E-state index contributed by atoms with van der Waals surface area (Å²) in [5, 5.41) is 2.76. The lowest BCUT2D eigenvalue weighted by Gasteiger charge is -2.22. The molecule has 2 N–H and O–H groups in total. The van der Waals surface area contributed by atoms with Crippen LogP contribution in [0.3, 0.4) is 0 Å². The first-order chi connectivity index (χ1) is 15.2. The number of hydrogen-bond acceptors (Lipinski definition) is 4. The quantitative estimate of drug-likeness (QED) is 0.478. The molecule has 1 saturated carbocycles. The Morgan fingerprint density at radius 2 is 1.78 bits per heavy atom. The number of anilines is 1. The number of hydrogen-bond donors (Lipinski definition) is 2. The summed E-state index contributed by atoms with van der Waals surface area (Å²) < 4.78 is 34.8. The number of aryl methyl sites for hydroxylation is 1. The van der Waals surface area contributed by atoms with E-state index in [1.807, 2.05) is 19.1 Å². The maximum Gasteiger partial charge on any atom is 0.262 e. The molecule has 1 aliphatic rings. The van der Waals surface area contributed by atoms with Crippen LogP contribution < -0.4 is 14.8 Å². The van der Waals surface area contributed by atoms with Crippen LogP contribution in [-0.2, 0) is 14.8 Å². The predicted octanol–water partition coefficient (Wildman–Crippen LogP) is 5.51. The maximum atomic E-state index is 12.6. The molecule has 1 fully saturated rings. The molecule has 0 heterocycles. The van der Waals surface area contributed by atoms with Crippen molar-refractivity contribution in [3.05, 3.63) is 52.0 Å². The number of nitrogens with one attached hydrogen (secondary N) is 2. The Labute approximate surface area is 199 Å². The molecule has 0 unspecified atom stereocenters. The standard InChI is InChI=1S/C24H31BrN2O4S/c1-16(2)21-14-22(25)17(3)13-23(21)31-15-24(28)26-18-9-11-20(12-10-18)32(29,30)27-19-7-5-4-6-8-19/h9-14,16,19,27H,4-8,15H2,1-3H3,(H,26,28). The second-order valence-electron chi connectivity index (χ2n) is 8.61. The van der Waals surface area contributed by atoms with E-state index in [0.717, 1.165) is 47.7 Å². The molecule has 0 spiro atoms. The van der Waals surface area contributed by atoms with Gasteiger partial charge in [0.1, 0.15) is 5.75 Å². The topological polar surface area (TPSA) is 84.5 Å². The summed E-state index contributed by atoms with van der Waals surface area (Å²) >= 11 is 3.54. The number of sulfonamides is 1. The third-order valence-corrected chi connectivity index (χ3v) is 8.04. The summed E-state index contributed by atoms with van der Waals surface area (Å²) in [5.74, 6) is 0.629. The number of rotatable bonds is 8. The second-order valence-corrected chi connectivity index (χ2v) is 11.2. The van der Waals surface area contributed by atoms with E-state index in [2.05, 4.69) is 39.8 Å². The first-order valence-corrected chi connectivity index (χ1v) is 13.3. The van der Waals surface area contributed by atoms with Crippen molar-refractivity contribution in [1.29, 1.82) is 0 Å². The van der Waals surface area contributed by atoms with E-state index in [1.54, 1.807) is 12.1 Å². The van der Waals surface area contributed by atoms with Crippen molar-refractivity contribution in [2.45, 2.75) is 69.7 Å². The average molecular weight is 523 g/mol. The summed E-state index contributed by atoms with van der Waals surface area (Å²) in [4.78, 5) is 12.6. The molecule has 1 amide bonds. The Balaban J connectivity index is 1.59. The van der Waals surface area contributed by atoms with Crippen LogP contribution >= 0.6 is 15.9 Å². The molecule has 8 heteroatoms. The first-order valence-electron chi connectivity index (χ1n) is 11.0. The van der Waals surface area contributed by atoms with Crippen LogP contribution in [0, 0.1) is 6.92 Å². The van der Waals surface area contributed by atoms with Crippen LogP contribution in [-0.4, -0.2) is 27.0 Å². The summed E-state index contributed by atoms with van der Waals surface area (Å²) in [7, 11) is -3.56. The molecule has 174 valence electrons. The molecule has 2 aromatic rings. The number of carbonyl (C=O) groups is 1. The molecule has 3 rings (SSSR count). The van der Waals surface area contributed by atoms with Crippen LogP contribution in [0.25, 0.3) is 0 Å². The number of benzene rings is 2. The van der Waals surface area contributed by atoms with Crippen molar-refractivity contribution in [2.75, 3.05) is 11.9 Å². The van der Waals surface area contributed by atoms with Crippen LogP contribution in [0.2, 0.25) is 0 Å². The molecule has 0 radical (unpaired) electrons. The largest absolute Gasteiger partial charge is 0.483 e. The highest BCUT2D eigenvalue weighted by Gasteiger charge is 2.22. The van der Waals surface area contributed by atoms with Gasteiger partial charge in [-0.25, -0.2) is 13.1 Å². The van der Waals surface area contributed by atoms with Crippen LogP contribution in [0.4, 0.5) is 5.69 Å². The van der Waals surface area contributed by atoms with Gasteiger partial charge < -0.3 is 10.1 Å². The minimum Gasteiger partial charge on any atom is -0.483 e. The molecule has 0 saturated heterocycles. The molecule has 0 atom stereocenters. The number of halogens is 1. The molecule has 2 aromatic carbocycles. The highest BCUT2D eigenvalue weighted by Crippen LogP contribution is 2.32. The summed E-state index contributed by atoms with van der Waals surface area (Å²) in [5.41, 5.74) is 2.57. The predicted molar refractivity (Wildman–Crippen MR) is 131 cm³/mol. The van der Waals surface area contributed by atoms with E-state index in [4.69, 9.17) is 4.74 Å². The third-order valence-electron chi connectivity index (χ3n) is 5.65. The van der Waals surface area contributed by atoms with Crippen molar-refractivity contribution in [2.24, 2.45) is 0 Å². The molecule has 1 aliphatic carbocycles. The number of amides is 1. The fraction of sp³-hybridized carbons (Fsp3) is 0.458. The SMILES string of the molecule is Cc1cc(OCC(=O)Nc2ccc(S(=O)(=O)NC3CCCCC3)cc2)c(C(C)C)cc1Br. The molecular formula is C24H31BrN2O4S. The fourth-order valence-electron chi connectivity index (χ4n) is 3.81. The van der Waals surface area contributed by atoms with E-state index in [1.165, 1.54) is 12.1 Å². The zero-order valence-corrected chi connectivity index (χ0v) is 21.2. The van der Waals surface area contributed by atoms with E-state index in [0.29, 0.717) is 11.4 Å². The van der Waals surface area contributed by atoms with Crippen molar-refractivity contribution >= 4 is 37.5 Å². The lowest BCUT2D eigenvalue weighted by molar-refractivity contribution is -0.118. The minimum atomic E-state index is -3.56. The third kappa shape index (κ3) is 6.56. The van der Waals surface area contributed by atoms with Gasteiger partial charge >= 0.3 is 0 Å². The van der Waals surface area contributed by atoms with Gasteiger partial charge in [0, 0.05) is 16.2 Å². The van der Waals surface area contributed by atoms with Gasteiger partial charge in [0.05, 0.1) is 4.90 Å². The second kappa shape index (κ2) is 10.8. The van der Waals surface area contributed by atoms with Crippen molar-refractivity contribution in [3.8, 4) is 5.75 Å². The van der Waals surface area contributed by atoms with Gasteiger partial charge in [-0.3, -0.25) is 4.79 Å². The van der Waals surface area contributed by atoms with Gasteiger partial charge in [-0.05, 0) is 73.2 Å². The monoisotopic (exact) mass is 522 g/mol. The molecule has 0 aliphatic heterocycles.